The van der Waals surface area contributed by atoms with E-state index < -0.39 is 0 Å². The van der Waals surface area contributed by atoms with E-state index in [0.29, 0.717) is 16.6 Å². The smallest absolute Gasteiger partial charge is 0.261 e. The van der Waals surface area contributed by atoms with Crippen molar-refractivity contribution in [2.24, 2.45) is 7.05 Å². The van der Waals surface area contributed by atoms with Gasteiger partial charge in [0.1, 0.15) is 5.65 Å². The van der Waals surface area contributed by atoms with Crippen LogP contribution < -0.4 is 10.9 Å². The third-order valence-corrected chi connectivity index (χ3v) is 4.96. The number of aryl methyl sites for hydroxylation is 3. The van der Waals surface area contributed by atoms with Crippen LogP contribution >= 0.6 is 0 Å². The Morgan fingerprint density at radius 1 is 1.14 bits per heavy atom. The molecule has 7 nitrogen and oxygen atoms in total. The molecule has 0 unspecified atom stereocenters. The molecule has 7 heteroatoms. The van der Waals surface area contributed by atoms with Crippen molar-refractivity contribution < 1.29 is 0 Å². The normalized spacial score (nSPS) is 11.9. The maximum absolute atomic E-state index is 12.9. The number of hydrogen-bond donors (Lipinski definition) is 2. The van der Waals surface area contributed by atoms with Crippen LogP contribution in [-0.4, -0.2) is 32.4 Å². The topological polar surface area (TPSA) is 88.1 Å². The van der Waals surface area contributed by atoms with E-state index in [9.17, 15) is 4.79 Å². The molecule has 0 aliphatic carbocycles. The predicted molar refractivity (Wildman–Crippen MR) is 116 cm³/mol. The van der Waals surface area contributed by atoms with Crippen molar-refractivity contribution in [2.45, 2.75) is 13.8 Å². The number of allylic oxidation sites excluding steroid dienone is 1. The molecule has 0 saturated heterocycles. The van der Waals surface area contributed by atoms with Crippen LogP contribution in [0.5, 0.6) is 0 Å². The summed E-state index contributed by atoms with van der Waals surface area (Å²) in [6.45, 7) is 3.91. The lowest BCUT2D eigenvalue weighted by atomic mass is 10.1. The summed E-state index contributed by atoms with van der Waals surface area (Å²) >= 11 is 0. The minimum absolute atomic E-state index is 0.0819. The molecule has 0 atom stereocenters. The number of aromatic nitrogens is 4. The molecule has 0 fully saturated rings. The van der Waals surface area contributed by atoms with Crippen molar-refractivity contribution in [1.29, 1.82) is 5.41 Å². The van der Waals surface area contributed by atoms with Crippen LogP contribution in [0.15, 0.2) is 47.4 Å². The van der Waals surface area contributed by atoms with Gasteiger partial charge in [0.05, 0.1) is 16.6 Å². The van der Waals surface area contributed by atoms with Crippen LogP contribution in [0.25, 0.3) is 33.4 Å². The Labute approximate surface area is 167 Å². The van der Waals surface area contributed by atoms with E-state index in [1.165, 1.54) is 6.21 Å². The van der Waals surface area contributed by atoms with Gasteiger partial charge in [0.25, 0.3) is 5.56 Å². The van der Waals surface area contributed by atoms with Gasteiger partial charge in [0.15, 0.2) is 0 Å². The van der Waals surface area contributed by atoms with Crippen molar-refractivity contribution >= 4 is 28.3 Å². The number of nitrogens with one attached hydrogen (secondary N) is 2. The first-order valence-corrected chi connectivity index (χ1v) is 9.29. The summed E-state index contributed by atoms with van der Waals surface area (Å²) in [4.78, 5) is 17.3. The van der Waals surface area contributed by atoms with Crippen molar-refractivity contribution in [3.63, 3.8) is 0 Å². The summed E-state index contributed by atoms with van der Waals surface area (Å²) in [5.74, 6) is 0. The number of nitrogens with zero attached hydrogens (tertiary/aromatic N) is 4. The Kier molecular flexibility index (Phi) is 4.50. The molecule has 3 heterocycles. The van der Waals surface area contributed by atoms with Crippen LogP contribution in [0.2, 0.25) is 0 Å². The van der Waals surface area contributed by atoms with Crippen molar-refractivity contribution in [1.82, 2.24) is 24.5 Å². The molecule has 0 amide bonds. The van der Waals surface area contributed by atoms with E-state index in [2.05, 4.69) is 10.3 Å². The van der Waals surface area contributed by atoms with Crippen molar-refractivity contribution in [3.05, 3.63) is 69.9 Å². The van der Waals surface area contributed by atoms with Crippen molar-refractivity contribution in [2.75, 3.05) is 7.05 Å². The molecule has 1 aromatic carbocycles. The molecule has 146 valence electrons. The zero-order chi connectivity index (χ0) is 20.7. The average Bonchev–Trinajstić information content (AvgIpc) is 3.15. The first-order valence-electron chi connectivity index (χ1n) is 9.29. The standard InChI is InChI=1S/C22H22N6O/c1-13-7-16(8-14(2)25-13)19-10-21-27(4)22(29)18-6-5-15(17(11-23)12-24-3)9-20(18)28(21)26-19/h5-12,23-24H,1-4H3/b17-12+,23-11?. The maximum atomic E-state index is 12.9. The Bertz CT molecular complexity index is 1340. The Balaban J connectivity index is 2.05. The Morgan fingerprint density at radius 3 is 2.52 bits per heavy atom. The van der Waals surface area contributed by atoms with Gasteiger partial charge in [-0.15, -0.1) is 0 Å². The highest BCUT2D eigenvalue weighted by Crippen LogP contribution is 2.24. The number of pyridine rings is 1. The second kappa shape index (κ2) is 7.01. The van der Waals surface area contributed by atoms with Crippen LogP contribution in [0.4, 0.5) is 0 Å². The van der Waals surface area contributed by atoms with Gasteiger partial charge in [0.2, 0.25) is 0 Å². The van der Waals surface area contributed by atoms with E-state index in [1.54, 1.807) is 35.4 Å². The van der Waals surface area contributed by atoms with E-state index in [1.807, 2.05) is 44.2 Å². The van der Waals surface area contributed by atoms with Crippen LogP contribution in [0.3, 0.4) is 0 Å². The molecule has 4 rings (SSSR count). The summed E-state index contributed by atoms with van der Waals surface area (Å²) in [6.07, 6.45) is 3.04. The van der Waals surface area contributed by atoms with Crippen LogP contribution in [0, 0.1) is 19.3 Å². The molecule has 0 saturated carbocycles. The summed E-state index contributed by atoms with van der Waals surface area (Å²) in [5, 5.41) is 16.0. The van der Waals surface area contributed by atoms with Gasteiger partial charge < -0.3 is 10.7 Å². The molecular weight excluding hydrogens is 364 g/mol. The van der Waals surface area contributed by atoms with Crippen molar-refractivity contribution in [3.8, 4) is 11.3 Å². The highest BCUT2D eigenvalue weighted by Gasteiger charge is 2.14. The first kappa shape index (κ1) is 18.6. The van der Waals surface area contributed by atoms with Crippen LogP contribution in [-0.2, 0) is 7.05 Å². The maximum Gasteiger partial charge on any atom is 0.261 e. The second-order valence-corrected chi connectivity index (χ2v) is 7.07. The summed E-state index contributed by atoms with van der Waals surface area (Å²) in [7, 11) is 3.54. The van der Waals surface area contributed by atoms with Gasteiger partial charge in [-0.25, -0.2) is 4.52 Å². The fourth-order valence-corrected chi connectivity index (χ4v) is 3.63. The predicted octanol–water partition coefficient (Wildman–Crippen LogP) is 3.07. The molecule has 3 aromatic heterocycles. The van der Waals surface area contributed by atoms with E-state index in [0.717, 1.165) is 33.8 Å². The fourth-order valence-electron chi connectivity index (χ4n) is 3.63. The number of hydrogen-bond acceptors (Lipinski definition) is 5. The average molecular weight is 386 g/mol. The second-order valence-electron chi connectivity index (χ2n) is 7.07. The van der Waals surface area contributed by atoms with Crippen LogP contribution in [0.1, 0.15) is 17.0 Å². The van der Waals surface area contributed by atoms with Gasteiger partial charge >= 0.3 is 0 Å². The first-order chi connectivity index (χ1) is 13.9. The van der Waals surface area contributed by atoms with E-state index in [-0.39, 0.29) is 5.56 Å². The minimum Gasteiger partial charge on any atom is -0.393 e. The SMILES string of the molecule is CN/C=C(\C=N)c1ccc2c(=O)n(C)c3cc(-c4cc(C)nc(C)c4)nn3c2c1. The summed E-state index contributed by atoms with van der Waals surface area (Å²) in [5.41, 5.74) is 6.47. The van der Waals surface area contributed by atoms with Gasteiger partial charge in [0, 0.05) is 55.1 Å². The van der Waals surface area contributed by atoms with E-state index >= 15 is 0 Å². The van der Waals surface area contributed by atoms with Gasteiger partial charge in [-0.3, -0.25) is 14.3 Å². The lowest BCUT2D eigenvalue weighted by molar-refractivity contribution is 0.850. The molecule has 0 bridgehead atoms. The molecule has 0 aliphatic rings. The highest BCUT2D eigenvalue weighted by molar-refractivity contribution is 6.09. The Hall–Kier alpha value is -3.74. The quantitative estimate of drug-likeness (QED) is 0.528. The number of fused-ring (bicyclic) bond motifs is 3. The molecule has 0 aliphatic heterocycles. The highest BCUT2D eigenvalue weighted by atomic mass is 16.1. The van der Waals surface area contributed by atoms with Gasteiger partial charge in [-0.1, -0.05) is 6.07 Å². The molecular formula is C22H22N6O. The Morgan fingerprint density at radius 2 is 1.86 bits per heavy atom. The number of rotatable bonds is 4. The van der Waals surface area contributed by atoms with E-state index in [4.69, 9.17) is 10.5 Å². The van der Waals surface area contributed by atoms with Gasteiger partial charge in [-0.05, 0) is 43.7 Å². The number of benzene rings is 1. The van der Waals surface area contributed by atoms with Gasteiger partial charge in [-0.2, -0.15) is 5.10 Å². The molecule has 0 radical (unpaired) electrons. The fraction of sp³-hybridized carbons (Fsp3) is 0.182. The lowest BCUT2D eigenvalue weighted by Crippen LogP contribution is -2.19. The third-order valence-electron chi connectivity index (χ3n) is 4.96. The molecule has 4 aromatic rings. The zero-order valence-corrected chi connectivity index (χ0v) is 16.8. The summed E-state index contributed by atoms with van der Waals surface area (Å²) in [6, 6.07) is 11.4. The summed E-state index contributed by atoms with van der Waals surface area (Å²) < 4.78 is 3.40. The zero-order valence-electron chi connectivity index (χ0n) is 16.8. The molecule has 0 spiro atoms. The molecule has 29 heavy (non-hydrogen) atoms. The third kappa shape index (κ3) is 3.10. The molecule has 2 N–H and O–H groups in total. The minimum atomic E-state index is -0.0819. The lowest BCUT2D eigenvalue weighted by Gasteiger charge is -2.08. The largest absolute Gasteiger partial charge is 0.393 e. The monoisotopic (exact) mass is 386 g/mol.